The van der Waals surface area contributed by atoms with Crippen molar-refractivity contribution < 1.29 is 4.79 Å². The first-order valence-electron chi connectivity index (χ1n) is 5.64. The molecule has 0 fully saturated rings. The van der Waals surface area contributed by atoms with Crippen LogP contribution in [0, 0.1) is 0 Å². The number of rotatable bonds is 4. The van der Waals surface area contributed by atoms with Crippen LogP contribution in [-0.2, 0) is 6.54 Å². The molecule has 1 aromatic rings. The Morgan fingerprint density at radius 1 is 1.33 bits per heavy atom. The third kappa shape index (κ3) is 3.34. The molecule has 0 unspecified atom stereocenters. The molecule has 0 aromatic heterocycles. The van der Waals surface area contributed by atoms with Crippen molar-refractivity contribution in [3.8, 4) is 0 Å². The maximum Gasteiger partial charge on any atom is 0.182 e. The summed E-state index contributed by atoms with van der Waals surface area (Å²) in [5.74, 6) is 0.117. The van der Waals surface area contributed by atoms with Crippen molar-refractivity contribution in [2.75, 3.05) is 20.3 Å². The molecule has 0 aliphatic carbocycles. The molecule has 1 heterocycles. The SMILES string of the molecule is Br.CN1C=CN(CC(=O)c2ccccc2CN)C1. The van der Waals surface area contributed by atoms with Gasteiger partial charge in [0.05, 0.1) is 13.2 Å². The first-order valence-corrected chi connectivity index (χ1v) is 5.64. The summed E-state index contributed by atoms with van der Waals surface area (Å²) in [4.78, 5) is 16.1. The zero-order valence-corrected chi connectivity index (χ0v) is 12.1. The van der Waals surface area contributed by atoms with Crippen molar-refractivity contribution in [2.45, 2.75) is 6.54 Å². The lowest BCUT2D eigenvalue weighted by Gasteiger charge is -2.17. The summed E-state index contributed by atoms with van der Waals surface area (Å²) in [6.45, 7) is 1.56. The molecule has 0 spiro atoms. The van der Waals surface area contributed by atoms with E-state index in [1.165, 1.54) is 0 Å². The van der Waals surface area contributed by atoms with E-state index < -0.39 is 0 Å². The number of nitrogens with two attached hydrogens (primary N) is 1. The van der Waals surface area contributed by atoms with E-state index in [9.17, 15) is 4.79 Å². The zero-order valence-electron chi connectivity index (χ0n) is 10.4. The number of ketones is 1. The highest BCUT2D eigenvalue weighted by atomic mass is 79.9. The molecule has 98 valence electrons. The molecule has 4 nitrogen and oxygen atoms in total. The van der Waals surface area contributed by atoms with Crippen molar-refractivity contribution in [2.24, 2.45) is 5.73 Å². The van der Waals surface area contributed by atoms with E-state index in [1.807, 2.05) is 53.5 Å². The van der Waals surface area contributed by atoms with Crippen LogP contribution in [-0.4, -0.2) is 35.8 Å². The monoisotopic (exact) mass is 311 g/mol. The fourth-order valence-electron chi connectivity index (χ4n) is 1.93. The Morgan fingerprint density at radius 3 is 2.67 bits per heavy atom. The number of hydrogen-bond acceptors (Lipinski definition) is 4. The van der Waals surface area contributed by atoms with Gasteiger partial charge in [-0.1, -0.05) is 24.3 Å². The van der Waals surface area contributed by atoms with Gasteiger partial charge >= 0.3 is 0 Å². The topological polar surface area (TPSA) is 49.6 Å². The fourth-order valence-corrected chi connectivity index (χ4v) is 1.93. The quantitative estimate of drug-likeness (QED) is 0.858. The Bertz CT molecular complexity index is 448. The second-order valence-corrected chi connectivity index (χ2v) is 4.23. The summed E-state index contributed by atoms with van der Waals surface area (Å²) in [6, 6.07) is 7.52. The van der Waals surface area contributed by atoms with E-state index in [2.05, 4.69) is 0 Å². The third-order valence-corrected chi connectivity index (χ3v) is 2.82. The Morgan fingerprint density at radius 2 is 2.06 bits per heavy atom. The highest BCUT2D eigenvalue weighted by Crippen LogP contribution is 2.11. The highest BCUT2D eigenvalue weighted by Gasteiger charge is 2.15. The summed E-state index contributed by atoms with van der Waals surface area (Å²) in [5.41, 5.74) is 7.28. The van der Waals surface area contributed by atoms with Gasteiger partial charge in [0.2, 0.25) is 0 Å². The highest BCUT2D eigenvalue weighted by molar-refractivity contribution is 8.93. The van der Waals surface area contributed by atoms with E-state index in [0.717, 1.165) is 17.8 Å². The van der Waals surface area contributed by atoms with Crippen molar-refractivity contribution in [3.05, 3.63) is 47.8 Å². The van der Waals surface area contributed by atoms with E-state index in [1.54, 1.807) is 0 Å². The van der Waals surface area contributed by atoms with Gasteiger partial charge in [0.1, 0.15) is 0 Å². The average molecular weight is 312 g/mol. The van der Waals surface area contributed by atoms with Gasteiger partial charge in [-0.05, 0) is 5.56 Å². The van der Waals surface area contributed by atoms with E-state index in [0.29, 0.717) is 13.1 Å². The van der Waals surface area contributed by atoms with Crippen LogP contribution in [0.25, 0.3) is 0 Å². The van der Waals surface area contributed by atoms with Crippen LogP contribution in [0.3, 0.4) is 0 Å². The predicted molar refractivity (Wildman–Crippen MR) is 77.5 cm³/mol. The molecule has 2 N–H and O–H groups in total. The number of carbonyl (C=O) groups is 1. The van der Waals surface area contributed by atoms with Crippen LogP contribution in [0.2, 0.25) is 0 Å². The van der Waals surface area contributed by atoms with Gasteiger partial charge in [-0.2, -0.15) is 0 Å². The Hall–Kier alpha value is -1.33. The fraction of sp³-hybridized carbons (Fsp3) is 0.308. The van der Waals surface area contributed by atoms with Crippen molar-refractivity contribution in [1.29, 1.82) is 0 Å². The molecule has 1 aromatic carbocycles. The lowest BCUT2D eigenvalue weighted by Crippen LogP contribution is -2.28. The van der Waals surface area contributed by atoms with E-state index >= 15 is 0 Å². The Balaban J connectivity index is 0.00000162. The van der Waals surface area contributed by atoms with Crippen LogP contribution in [0.5, 0.6) is 0 Å². The minimum absolute atomic E-state index is 0. The number of Topliss-reactive ketones (excluding diaryl/α,β-unsaturated/α-hetero) is 1. The van der Waals surface area contributed by atoms with Crippen molar-refractivity contribution >= 4 is 22.8 Å². The van der Waals surface area contributed by atoms with Gasteiger partial charge < -0.3 is 15.5 Å². The summed E-state index contributed by atoms with van der Waals surface area (Å²) < 4.78 is 0. The van der Waals surface area contributed by atoms with Gasteiger partial charge in [-0.15, -0.1) is 17.0 Å². The first-order chi connectivity index (χ1) is 8.20. The van der Waals surface area contributed by atoms with Crippen LogP contribution in [0.1, 0.15) is 15.9 Å². The minimum Gasteiger partial charge on any atom is -0.362 e. The van der Waals surface area contributed by atoms with Crippen molar-refractivity contribution in [3.63, 3.8) is 0 Å². The number of halogens is 1. The smallest absolute Gasteiger partial charge is 0.182 e. The molecule has 18 heavy (non-hydrogen) atoms. The van der Waals surface area contributed by atoms with E-state index in [-0.39, 0.29) is 22.8 Å². The molecule has 0 amide bonds. The number of carbonyl (C=O) groups excluding carboxylic acids is 1. The molecule has 1 aliphatic rings. The number of nitrogens with zero attached hydrogens (tertiary/aromatic N) is 2. The molecule has 0 atom stereocenters. The van der Waals surface area contributed by atoms with Gasteiger partial charge in [-0.25, -0.2) is 0 Å². The van der Waals surface area contributed by atoms with Gasteiger partial charge in [-0.3, -0.25) is 4.79 Å². The van der Waals surface area contributed by atoms with Crippen LogP contribution in [0.4, 0.5) is 0 Å². The number of hydrogen-bond donors (Lipinski definition) is 1. The van der Waals surface area contributed by atoms with Crippen LogP contribution < -0.4 is 5.73 Å². The summed E-state index contributed by atoms with van der Waals surface area (Å²) >= 11 is 0. The Kier molecular flexibility index (Phi) is 5.37. The normalized spacial score (nSPS) is 13.7. The van der Waals surface area contributed by atoms with Crippen LogP contribution in [0.15, 0.2) is 36.7 Å². The maximum atomic E-state index is 12.1. The predicted octanol–water partition coefficient (Wildman–Crippen LogP) is 1.58. The van der Waals surface area contributed by atoms with Gasteiger partial charge in [0.15, 0.2) is 5.78 Å². The molecule has 0 radical (unpaired) electrons. The van der Waals surface area contributed by atoms with Crippen molar-refractivity contribution in [1.82, 2.24) is 9.80 Å². The van der Waals surface area contributed by atoms with Crippen LogP contribution >= 0.6 is 17.0 Å². The maximum absolute atomic E-state index is 12.1. The van der Waals surface area contributed by atoms with E-state index in [4.69, 9.17) is 5.73 Å². The molecule has 0 bridgehead atoms. The molecular weight excluding hydrogens is 294 g/mol. The largest absolute Gasteiger partial charge is 0.362 e. The molecule has 0 saturated heterocycles. The Labute approximate surface area is 118 Å². The molecule has 5 heteroatoms. The van der Waals surface area contributed by atoms with Gasteiger partial charge in [0, 0.05) is 31.6 Å². The summed E-state index contributed by atoms with van der Waals surface area (Å²) in [5, 5.41) is 0. The van der Waals surface area contributed by atoms with Gasteiger partial charge in [0.25, 0.3) is 0 Å². The lowest BCUT2D eigenvalue weighted by atomic mass is 10.0. The molecular formula is C13H18BrN3O. The minimum atomic E-state index is 0. The standard InChI is InChI=1S/C13H17N3O.BrH/c1-15-6-7-16(10-15)9-13(17)12-5-3-2-4-11(12)8-14;/h2-7H,8-10,14H2,1H3;1H. The average Bonchev–Trinajstić information content (AvgIpc) is 2.74. The summed E-state index contributed by atoms with van der Waals surface area (Å²) in [6.07, 6.45) is 3.89. The zero-order chi connectivity index (χ0) is 12.3. The first kappa shape index (κ1) is 14.7. The number of benzene rings is 1. The lowest BCUT2D eigenvalue weighted by molar-refractivity contribution is 0.0947. The molecule has 1 aliphatic heterocycles. The third-order valence-electron chi connectivity index (χ3n) is 2.82. The second-order valence-electron chi connectivity index (χ2n) is 4.23. The second kappa shape index (κ2) is 6.56. The molecule has 2 rings (SSSR count). The summed E-state index contributed by atoms with van der Waals surface area (Å²) in [7, 11) is 1.98. The molecule has 0 saturated carbocycles.